The summed E-state index contributed by atoms with van der Waals surface area (Å²) < 4.78 is 0.975. The van der Waals surface area contributed by atoms with Crippen LogP contribution in [-0.2, 0) is 4.79 Å². The Hall–Kier alpha value is -2.42. The average Bonchev–Trinajstić information content (AvgIpc) is 2.66. The summed E-state index contributed by atoms with van der Waals surface area (Å²) in [7, 11) is 0. The molecule has 6 nitrogen and oxygen atoms in total. The van der Waals surface area contributed by atoms with Gasteiger partial charge in [0.1, 0.15) is 0 Å². The molecule has 0 fully saturated rings. The van der Waals surface area contributed by atoms with Gasteiger partial charge in [-0.25, -0.2) is 0 Å². The van der Waals surface area contributed by atoms with Gasteiger partial charge in [0.15, 0.2) is 0 Å². The molecule has 0 spiro atoms. The van der Waals surface area contributed by atoms with E-state index in [0.717, 1.165) is 22.0 Å². The maximum atomic E-state index is 12.2. The number of anilines is 1. The molecule has 0 saturated carbocycles. The highest BCUT2D eigenvalue weighted by molar-refractivity contribution is 14.1. The normalized spacial score (nSPS) is 10.2. The number of rotatable bonds is 6. The van der Waals surface area contributed by atoms with Gasteiger partial charge in [0.05, 0.1) is 0 Å². The molecule has 0 aliphatic heterocycles. The lowest BCUT2D eigenvalue weighted by atomic mass is 10.1. The summed E-state index contributed by atoms with van der Waals surface area (Å²) in [5, 5.41) is 2.78. The highest BCUT2D eigenvalue weighted by Crippen LogP contribution is 2.13. The van der Waals surface area contributed by atoms with Gasteiger partial charge in [-0.2, -0.15) is 0 Å². The molecule has 0 radical (unpaired) electrons. The Balaban J connectivity index is 1.89. The van der Waals surface area contributed by atoms with Crippen LogP contribution in [0.1, 0.15) is 52.5 Å². The number of amides is 3. The van der Waals surface area contributed by atoms with Crippen LogP contribution < -0.4 is 16.2 Å². The van der Waals surface area contributed by atoms with Crippen molar-refractivity contribution in [3.8, 4) is 0 Å². The van der Waals surface area contributed by atoms with E-state index in [-0.39, 0.29) is 11.8 Å². The van der Waals surface area contributed by atoms with E-state index in [2.05, 4.69) is 38.8 Å². The molecule has 7 heteroatoms. The predicted molar refractivity (Wildman–Crippen MR) is 113 cm³/mol. The number of nitrogens with one attached hydrogen (secondary N) is 3. The topological polar surface area (TPSA) is 87.3 Å². The standard InChI is InChI=1S/C20H22IN3O3/c1-3-4-5-18(25)22-16-10-8-14(9-11-16)19(26)23-24-20(27)15-7-6-13(2)17(21)12-15/h6-12H,3-5H2,1-2H3,(H,22,25)(H,23,26)(H,24,27). The number of benzene rings is 2. The molecule has 2 rings (SSSR count). The first kappa shape index (κ1) is 20.9. The van der Waals surface area contributed by atoms with Crippen molar-refractivity contribution in [2.24, 2.45) is 0 Å². The van der Waals surface area contributed by atoms with E-state index in [9.17, 15) is 14.4 Å². The van der Waals surface area contributed by atoms with Crippen LogP contribution in [0.4, 0.5) is 5.69 Å². The Kier molecular flexibility index (Phi) is 7.78. The smallest absolute Gasteiger partial charge is 0.269 e. The van der Waals surface area contributed by atoms with Crippen molar-refractivity contribution in [2.75, 3.05) is 5.32 Å². The number of aryl methyl sites for hydroxylation is 1. The van der Waals surface area contributed by atoms with Crippen molar-refractivity contribution in [3.05, 3.63) is 62.7 Å². The Bertz CT molecular complexity index is 835. The fourth-order valence-corrected chi connectivity index (χ4v) is 2.77. The number of carbonyl (C=O) groups excluding carboxylic acids is 3. The van der Waals surface area contributed by atoms with Crippen molar-refractivity contribution >= 4 is 46.0 Å². The second-order valence-corrected chi connectivity index (χ2v) is 7.26. The quantitative estimate of drug-likeness (QED) is 0.435. The zero-order valence-electron chi connectivity index (χ0n) is 15.3. The van der Waals surface area contributed by atoms with E-state index in [1.54, 1.807) is 36.4 Å². The zero-order valence-corrected chi connectivity index (χ0v) is 17.4. The third-order valence-corrected chi connectivity index (χ3v) is 5.07. The van der Waals surface area contributed by atoms with Gasteiger partial charge in [0, 0.05) is 26.8 Å². The number of hydrazine groups is 1. The second-order valence-electron chi connectivity index (χ2n) is 6.10. The lowest BCUT2D eigenvalue weighted by Gasteiger charge is -2.09. The third-order valence-electron chi connectivity index (χ3n) is 3.91. The van der Waals surface area contributed by atoms with Crippen molar-refractivity contribution in [3.63, 3.8) is 0 Å². The molecule has 3 N–H and O–H groups in total. The van der Waals surface area contributed by atoms with Gasteiger partial charge in [0.25, 0.3) is 11.8 Å². The molecule has 0 heterocycles. The molecule has 0 unspecified atom stereocenters. The molecule has 3 amide bonds. The van der Waals surface area contributed by atoms with Crippen LogP contribution >= 0.6 is 22.6 Å². The molecule has 0 bridgehead atoms. The van der Waals surface area contributed by atoms with Crippen LogP contribution in [0.25, 0.3) is 0 Å². The Morgan fingerprint density at radius 3 is 2.11 bits per heavy atom. The summed E-state index contributed by atoms with van der Waals surface area (Å²) in [5.74, 6) is -0.871. The SMILES string of the molecule is CCCCC(=O)Nc1ccc(C(=O)NNC(=O)c2ccc(C)c(I)c2)cc1. The number of unbranched alkanes of at least 4 members (excludes halogenated alkanes) is 1. The fourth-order valence-electron chi connectivity index (χ4n) is 2.26. The molecular formula is C20H22IN3O3. The molecule has 0 saturated heterocycles. The Morgan fingerprint density at radius 2 is 1.52 bits per heavy atom. The van der Waals surface area contributed by atoms with Crippen molar-refractivity contribution in [1.29, 1.82) is 0 Å². The molecule has 0 aliphatic carbocycles. The highest BCUT2D eigenvalue weighted by Gasteiger charge is 2.10. The summed E-state index contributed by atoms with van der Waals surface area (Å²) in [6, 6.07) is 11.8. The van der Waals surface area contributed by atoms with Gasteiger partial charge in [-0.15, -0.1) is 0 Å². The number of halogens is 1. The first-order valence-corrected chi connectivity index (χ1v) is 9.75. The average molecular weight is 479 g/mol. The van der Waals surface area contributed by atoms with Crippen molar-refractivity contribution < 1.29 is 14.4 Å². The number of hydrogen-bond acceptors (Lipinski definition) is 3. The maximum absolute atomic E-state index is 12.2. The van der Waals surface area contributed by atoms with Gasteiger partial charge in [-0.05, 0) is 77.9 Å². The molecule has 2 aromatic carbocycles. The van der Waals surface area contributed by atoms with E-state index in [0.29, 0.717) is 23.2 Å². The van der Waals surface area contributed by atoms with Gasteiger partial charge >= 0.3 is 0 Å². The molecule has 0 atom stereocenters. The van der Waals surface area contributed by atoms with Gasteiger partial charge in [-0.3, -0.25) is 25.2 Å². The molecule has 0 aliphatic rings. The van der Waals surface area contributed by atoms with E-state index in [1.807, 2.05) is 19.9 Å². The number of carbonyl (C=O) groups is 3. The fraction of sp³-hybridized carbons (Fsp3) is 0.250. The highest BCUT2D eigenvalue weighted by atomic mass is 127. The Labute approximate surface area is 172 Å². The minimum atomic E-state index is -0.436. The lowest BCUT2D eigenvalue weighted by molar-refractivity contribution is -0.116. The summed E-state index contributed by atoms with van der Waals surface area (Å²) >= 11 is 2.16. The molecule has 0 aromatic heterocycles. The van der Waals surface area contributed by atoms with E-state index in [1.165, 1.54) is 0 Å². The summed E-state index contributed by atoms with van der Waals surface area (Å²) in [4.78, 5) is 36.0. The van der Waals surface area contributed by atoms with E-state index >= 15 is 0 Å². The van der Waals surface area contributed by atoms with Crippen LogP contribution in [-0.4, -0.2) is 17.7 Å². The first-order valence-electron chi connectivity index (χ1n) is 8.67. The van der Waals surface area contributed by atoms with Crippen LogP contribution in [0.15, 0.2) is 42.5 Å². The largest absolute Gasteiger partial charge is 0.326 e. The molecular weight excluding hydrogens is 457 g/mol. The van der Waals surface area contributed by atoms with E-state index < -0.39 is 5.91 Å². The summed E-state index contributed by atoms with van der Waals surface area (Å²) in [6.07, 6.45) is 2.27. The van der Waals surface area contributed by atoms with E-state index in [4.69, 9.17) is 0 Å². The first-order chi connectivity index (χ1) is 12.9. The van der Waals surface area contributed by atoms with Crippen LogP contribution in [0.3, 0.4) is 0 Å². The summed E-state index contributed by atoms with van der Waals surface area (Å²) in [6.45, 7) is 3.99. The van der Waals surface area contributed by atoms with Crippen LogP contribution in [0.5, 0.6) is 0 Å². The minimum Gasteiger partial charge on any atom is -0.326 e. The van der Waals surface area contributed by atoms with Crippen molar-refractivity contribution in [1.82, 2.24) is 10.9 Å². The maximum Gasteiger partial charge on any atom is 0.269 e. The molecule has 2 aromatic rings. The Morgan fingerprint density at radius 1 is 0.926 bits per heavy atom. The summed E-state index contributed by atoms with van der Waals surface area (Å²) in [5.41, 5.74) is 7.35. The lowest BCUT2D eigenvalue weighted by Crippen LogP contribution is -2.41. The second kappa shape index (κ2) is 10.1. The third kappa shape index (κ3) is 6.35. The molecule has 27 heavy (non-hydrogen) atoms. The molecule has 142 valence electrons. The number of hydrogen-bond donors (Lipinski definition) is 3. The monoisotopic (exact) mass is 479 g/mol. The van der Waals surface area contributed by atoms with Gasteiger partial charge in [-0.1, -0.05) is 19.4 Å². The minimum absolute atomic E-state index is 0.0472. The van der Waals surface area contributed by atoms with Crippen LogP contribution in [0, 0.1) is 10.5 Å². The van der Waals surface area contributed by atoms with Gasteiger partial charge < -0.3 is 5.32 Å². The predicted octanol–water partition coefficient (Wildman–Crippen LogP) is 3.80. The van der Waals surface area contributed by atoms with Gasteiger partial charge in [0.2, 0.25) is 5.91 Å². The zero-order chi connectivity index (χ0) is 19.8. The van der Waals surface area contributed by atoms with Crippen LogP contribution in [0.2, 0.25) is 0 Å². The van der Waals surface area contributed by atoms with Crippen molar-refractivity contribution in [2.45, 2.75) is 33.1 Å².